The minimum absolute atomic E-state index is 0.889. The molecule has 3 nitrogen and oxygen atoms in total. The van der Waals surface area contributed by atoms with E-state index in [1.54, 1.807) is 0 Å². The number of anilines is 1. The van der Waals surface area contributed by atoms with E-state index in [0.717, 1.165) is 30.3 Å². The van der Waals surface area contributed by atoms with Crippen molar-refractivity contribution in [3.05, 3.63) is 17.6 Å². The molecule has 0 radical (unpaired) electrons. The highest BCUT2D eigenvalue weighted by molar-refractivity contribution is 5.35. The van der Waals surface area contributed by atoms with Crippen LogP contribution in [-0.2, 0) is 6.42 Å². The molecular formula is C9H15N3. The van der Waals surface area contributed by atoms with E-state index in [0.29, 0.717) is 0 Å². The van der Waals surface area contributed by atoms with Crippen LogP contribution in [0, 0.1) is 6.92 Å². The van der Waals surface area contributed by atoms with Crippen molar-refractivity contribution in [2.75, 3.05) is 11.9 Å². The van der Waals surface area contributed by atoms with Gasteiger partial charge >= 0.3 is 0 Å². The summed E-state index contributed by atoms with van der Waals surface area (Å²) in [5, 5.41) is 3.17. The molecule has 1 N–H and O–H groups in total. The van der Waals surface area contributed by atoms with Gasteiger partial charge in [-0.15, -0.1) is 0 Å². The van der Waals surface area contributed by atoms with Crippen molar-refractivity contribution in [3.63, 3.8) is 0 Å². The van der Waals surface area contributed by atoms with Crippen molar-refractivity contribution in [2.45, 2.75) is 27.2 Å². The third kappa shape index (κ3) is 2.19. The Bertz CT molecular complexity index is 258. The summed E-state index contributed by atoms with van der Waals surface area (Å²) in [6, 6.07) is 1.96. The van der Waals surface area contributed by atoms with Crippen LogP contribution < -0.4 is 5.32 Å². The zero-order valence-corrected chi connectivity index (χ0v) is 7.89. The highest BCUT2D eigenvalue weighted by Gasteiger charge is 1.97. The van der Waals surface area contributed by atoms with Gasteiger partial charge in [-0.05, 0) is 13.8 Å². The van der Waals surface area contributed by atoms with Crippen LogP contribution in [0.4, 0.5) is 5.82 Å². The molecule has 1 aromatic heterocycles. The lowest BCUT2D eigenvalue weighted by Gasteiger charge is -2.04. The van der Waals surface area contributed by atoms with Crippen molar-refractivity contribution in [1.29, 1.82) is 0 Å². The molecule has 0 aliphatic carbocycles. The zero-order chi connectivity index (χ0) is 8.97. The molecule has 0 atom stereocenters. The summed E-state index contributed by atoms with van der Waals surface area (Å²) in [6.07, 6.45) is 0.889. The molecule has 0 aliphatic heterocycles. The van der Waals surface area contributed by atoms with Gasteiger partial charge in [0.1, 0.15) is 11.6 Å². The lowest BCUT2D eigenvalue weighted by atomic mass is 10.3. The Kier molecular flexibility index (Phi) is 3.02. The number of nitrogens with zero attached hydrogens (tertiary/aromatic N) is 2. The average Bonchev–Trinajstić information content (AvgIpc) is 2.04. The molecule has 1 rings (SSSR count). The molecule has 0 bridgehead atoms. The molecule has 0 fully saturated rings. The summed E-state index contributed by atoms with van der Waals surface area (Å²) in [4.78, 5) is 8.60. The summed E-state index contributed by atoms with van der Waals surface area (Å²) in [5.41, 5.74) is 1.03. The number of nitrogens with one attached hydrogen (secondary N) is 1. The van der Waals surface area contributed by atoms with Gasteiger partial charge in [-0.3, -0.25) is 0 Å². The van der Waals surface area contributed by atoms with E-state index in [2.05, 4.69) is 29.1 Å². The molecular weight excluding hydrogens is 150 g/mol. The predicted molar refractivity (Wildman–Crippen MR) is 50.3 cm³/mol. The van der Waals surface area contributed by atoms with Crippen LogP contribution in [-0.4, -0.2) is 16.5 Å². The fourth-order valence-electron chi connectivity index (χ4n) is 1.06. The van der Waals surface area contributed by atoms with E-state index >= 15 is 0 Å². The Balaban J connectivity index is 2.90. The molecule has 0 unspecified atom stereocenters. The van der Waals surface area contributed by atoms with Crippen LogP contribution in [0.5, 0.6) is 0 Å². The number of aromatic nitrogens is 2. The van der Waals surface area contributed by atoms with E-state index in [-0.39, 0.29) is 0 Å². The molecule has 66 valence electrons. The summed E-state index contributed by atoms with van der Waals surface area (Å²) in [6.45, 7) is 7.01. The maximum Gasteiger partial charge on any atom is 0.130 e. The smallest absolute Gasteiger partial charge is 0.130 e. The maximum absolute atomic E-state index is 4.32. The lowest BCUT2D eigenvalue weighted by molar-refractivity contribution is 0.915. The Morgan fingerprint density at radius 3 is 2.67 bits per heavy atom. The van der Waals surface area contributed by atoms with Crippen molar-refractivity contribution < 1.29 is 0 Å². The molecule has 3 heteroatoms. The fourth-order valence-corrected chi connectivity index (χ4v) is 1.06. The molecule has 0 aliphatic rings. The van der Waals surface area contributed by atoms with Crippen molar-refractivity contribution in [2.24, 2.45) is 0 Å². The van der Waals surface area contributed by atoms with Gasteiger partial charge in [0.15, 0.2) is 0 Å². The molecule has 0 spiro atoms. The van der Waals surface area contributed by atoms with Gasteiger partial charge in [0.25, 0.3) is 0 Å². The number of hydrogen-bond donors (Lipinski definition) is 1. The fraction of sp³-hybridized carbons (Fsp3) is 0.556. The Labute approximate surface area is 73.2 Å². The first-order valence-corrected chi connectivity index (χ1v) is 4.34. The van der Waals surface area contributed by atoms with Crippen LogP contribution in [0.2, 0.25) is 0 Å². The lowest BCUT2D eigenvalue weighted by Crippen LogP contribution is -2.03. The molecule has 0 amide bonds. The van der Waals surface area contributed by atoms with E-state index in [9.17, 15) is 0 Å². The largest absolute Gasteiger partial charge is 0.370 e. The van der Waals surface area contributed by atoms with Gasteiger partial charge in [0.05, 0.1) is 0 Å². The average molecular weight is 165 g/mol. The minimum atomic E-state index is 0.889. The first kappa shape index (κ1) is 8.97. The summed E-state index contributed by atoms with van der Waals surface area (Å²) in [5.74, 6) is 1.84. The number of aryl methyl sites for hydroxylation is 2. The topological polar surface area (TPSA) is 37.8 Å². The Morgan fingerprint density at radius 1 is 1.33 bits per heavy atom. The van der Waals surface area contributed by atoms with Crippen molar-refractivity contribution in [1.82, 2.24) is 9.97 Å². The van der Waals surface area contributed by atoms with Gasteiger partial charge in [-0.2, -0.15) is 0 Å². The van der Waals surface area contributed by atoms with Crippen molar-refractivity contribution in [3.8, 4) is 0 Å². The first-order chi connectivity index (χ1) is 5.76. The Hall–Kier alpha value is -1.12. The van der Waals surface area contributed by atoms with Gasteiger partial charge in [-0.1, -0.05) is 6.92 Å². The maximum atomic E-state index is 4.32. The molecule has 1 heterocycles. The second-order valence-electron chi connectivity index (χ2n) is 2.69. The Morgan fingerprint density at radius 2 is 2.08 bits per heavy atom. The van der Waals surface area contributed by atoms with E-state index in [4.69, 9.17) is 0 Å². The van der Waals surface area contributed by atoms with E-state index < -0.39 is 0 Å². The van der Waals surface area contributed by atoms with Crippen LogP contribution in [0.1, 0.15) is 25.4 Å². The highest BCUT2D eigenvalue weighted by Crippen LogP contribution is 2.05. The SMILES string of the molecule is CCNc1cc(C)nc(CC)n1. The van der Waals surface area contributed by atoms with Gasteiger partial charge in [0.2, 0.25) is 0 Å². The molecule has 0 aromatic carbocycles. The monoisotopic (exact) mass is 165 g/mol. The standard InChI is InChI=1S/C9H15N3/c1-4-8-11-7(3)6-9(12-8)10-5-2/h6H,4-5H2,1-3H3,(H,10,11,12). The third-order valence-corrected chi connectivity index (χ3v) is 1.57. The molecule has 12 heavy (non-hydrogen) atoms. The molecule has 1 aromatic rings. The highest BCUT2D eigenvalue weighted by atomic mass is 15.0. The summed E-state index contributed by atoms with van der Waals surface area (Å²) < 4.78 is 0. The third-order valence-electron chi connectivity index (χ3n) is 1.57. The van der Waals surface area contributed by atoms with Crippen LogP contribution >= 0.6 is 0 Å². The normalized spacial score (nSPS) is 9.92. The molecule has 0 saturated heterocycles. The van der Waals surface area contributed by atoms with Gasteiger partial charge in [0, 0.05) is 24.7 Å². The van der Waals surface area contributed by atoms with Crippen LogP contribution in [0.3, 0.4) is 0 Å². The first-order valence-electron chi connectivity index (χ1n) is 4.34. The quantitative estimate of drug-likeness (QED) is 0.741. The second-order valence-corrected chi connectivity index (χ2v) is 2.69. The number of hydrogen-bond acceptors (Lipinski definition) is 3. The zero-order valence-electron chi connectivity index (χ0n) is 7.89. The van der Waals surface area contributed by atoms with Gasteiger partial charge in [-0.25, -0.2) is 9.97 Å². The number of rotatable bonds is 3. The second kappa shape index (κ2) is 4.04. The molecule has 0 saturated carbocycles. The predicted octanol–water partition coefficient (Wildman–Crippen LogP) is 1.78. The summed E-state index contributed by atoms with van der Waals surface area (Å²) in [7, 11) is 0. The van der Waals surface area contributed by atoms with Crippen molar-refractivity contribution >= 4 is 5.82 Å². The van der Waals surface area contributed by atoms with E-state index in [1.807, 2.05) is 13.0 Å². The minimum Gasteiger partial charge on any atom is -0.370 e. The van der Waals surface area contributed by atoms with E-state index in [1.165, 1.54) is 0 Å². The summed E-state index contributed by atoms with van der Waals surface area (Å²) >= 11 is 0. The van der Waals surface area contributed by atoms with Crippen LogP contribution in [0.15, 0.2) is 6.07 Å². The van der Waals surface area contributed by atoms with Gasteiger partial charge < -0.3 is 5.32 Å². The van der Waals surface area contributed by atoms with Crippen LogP contribution in [0.25, 0.3) is 0 Å².